The quantitative estimate of drug-likeness (QED) is 0.720. The Labute approximate surface area is 103 Å². The van der Waals surface area contributed by atoms with Gasteiger partial charge in [0, 0.05) is 18.4 Å². The molecule has 90 valence electrons. The highest BCUT2D eigenvalue weighted by atomic mass is 15.2. The average molecular weight is 240 g/mol. The first-order valence-corrected chi connectivity index (χ1v) is 5.72. The van der Waals surface area contributed by atoms with Gasteiger partial charge in [0.1, 0.15) is 12.2 Å². The highest BCUT2D eigenvalue weighted by Gasteiger charge is 2.02. The molecule has 3 aromatic rings. The van der Waals surface area contributed by atoms with Crippen molar-refractivity contribution in [2.45, 2.75) is 6.42 Å². The Morgan fingerprint density at radius 3 is 3.06 bits per heavy atom. The van der Waals surface area contributed by atoms with Gasteiger partial charge in [0.05, 0.1) is 17.4 Å². The second kappa shape index (κ2) is 4.79. The lowest BCUT2D eigenvalue weighted by Gasteiger charge is -2.07. The molecule has 6 heteroatoms. The van der Waals surface area contributed by atoms with Crippen LogP contribution in [0.15, 0.2) is 36.8 Å². The van der Waals surface area contributed by atoms with E-state index >= 15 is 0 Å². The molecule has 0 fully saturated rings. The molecule has 3 rings (SSSR count). The van der Waals surface area contributed by atoms with Gasteiger partial charge >= 0.3 is 0 Å². The molecule has 0 aliphatic carbocycles. The molecule has 2 N–H and O–H groups in total. The van der Waals surface area contributed by atoms with Crippen LogP contribution < -0.4 is 5.32 Å². The SMILES string of the molecule is c1ccc2c(NCCc3ncn[nH]3)cnnc2c1. The van der Waals surface area contributed by atoms with Crippen LogP contribution in [0.5, 0.6) is 0 Å². The van der Waals surface area contributed by atoms with Crippen molar-refractivity contribution in [1.29, 1.82) is 0 Å². The molecular weight excluding hydrogens is 228 g/mol. The minimum absolute atomic E-state index is 0.769. The molecule has 1 aromatic carbocycles. The average Bonchev–Trinajstić information content (AvgIpc) is 2.92. The van der Waals surface area contributed by atoms with Gasteiger partial charge in [-0.15, -0.1) is 0 Å². The van der Waals surface area contributed by atoms with Crippen LogP contribution in [0.3, 0.4) is 0 Å². The van der Waals surface area contributed by atoms with E-state index < -0.39 is 0 Å². The van der Waals surface area contributed by atoms with E-state index in [0.29, 0.717) is 0 Å². The van der Waals surface area contributed by atoms with E-state index in [-0.39, 0.29) is 0 Å². The summed E-state index contributed by atoms with van der Waals surface area (Å²) in [6.45, 7) is 0.769. The molecule has 6 nitrogen and oxygen atoms in total. The van der Waals surface area contributed by atoms with Crippen molar-refractivity contribution in [2.24, 2.45) is 0 Å². The molecule has 0 saturated heterocycles. The number of fused-ring (bicyclic) bond motifs is 1. The highest BCUT2D eigenvalue weighted by molar-refractivity contribution is 5.90. The number of benzene rings is 1. The monoisotopic (exact) mass is 240 g/mol. The lowest BCUT2D eigenvalue weighted by molar-refractivity contribution is 0.900. The van der Waals surface area contributed by atoms with Crippen LogP contribution in [0.25, 0.3) is 10.9 Å². The molecule has 2 aromatic heterocycles. The molecule has 0 atom stereocenters. The number of hydrogen-bond acceptors (Lipinski definition) is 5. The second-order valence-electron chi connectivity index (χ2n) is 3.88. The van der Waals surface area contributed by atoms with Gasteiger partial charge in [-0.1, -0.05) is 18.2 Å². The molecule has 0 radical (unpaired) electrons. The third kappa shape index (κ3) is 2.13. The molecule has 0 unspecified atom stereocenters. The summed E-state index contributed by atoms with van der Waals surface area (Å²) in [6, 6.07) is 7.92. The third-order valence-corrected chi connectivity index (χ3v) is 2.69. The number of hydrogen-bond donors (Lipinski definition) is 2. The fraction of sp³-hybridized carbons (Fsp3) is 0.167. The third-order valence-electron chi connectivity index (χ3n) is 2.69. The number of aromatic nitrogens is 5. The zero-order valence-corrected chi connectivity index (χ0v) is 9.67. The van der Waals surface area contributed by atoms with Crippen LogP contribution in [-0.4, -0.2) is 31.9 Å². The molecule has 0 aliphatic heterocycles. The fourth-order valence-electron chi connectivity index (χ4n) is 1.81. The largest absolute Gasteiger partial charge is 0.383 e. The van der Waals surface area contributed by atoms with Crippen molar-refractivity contribution in [3.8, 4) is 0 Å². The van der Waals surface area contributed by atoms with E-state index in [9.17, 15) is 0 Å². The fourth-order valence-corrected chi connectivity index (χ4v) is 1.81. The number of aromatic amines is 1. The van der Waals surface area contributed by atoms with Crippen molar-refractivity contribution in [1.82, 2.24) is 25.4 Å². The van der Waals surface area contributed by atoms with Crippen LogP contribution in [0.2, 0.25) is 0 Å². The molecule has 0 amide bonds. The summed E-state index contributed by atoms with van der Waals surface area (Å²) in [5.41, 5.74) is 1.88. The van der Waals surface area contributed by atoms with E-state index in [1.807, 2.05) is 24.3 Å². The molecular formula is C12H12N6. The predicted molar refractivity (Wildman–Crippen MR) is 68.1 cm³/mol. The second-order valence-corrected chi connectivity index (χ2v) is 3.88. The topological polar surface area (TPSA) is 79.4 Å². The first-order valence-electron chi connectivity index (χ1n) is 5.72. The summed E-state index contributed by atoms with van der Waals surface area (Å²) >= 11 is 0. The van der Waals surface area contributed by atoms with Crippen molar-refractivity contribution in [2.75, 3.05) is 11.9 Å². The Morgan fingerprint density at radius 1 is 1.22 bits per heavy atom. The van der Waals surface area contributed by atoms with Crippen LogP contribution in [0, 0.1) is 0 Å². The van der Waals surface area contributed by atoms with Crippen molar-refractivity contribution < 1.29 is 0 Å². The maximum atomic E-state index is 4.08. The Balaban J connectivity index is 1.74. The number of H-pyrrole nitrogens is 1. The maximum absolute atomic E-state index is 4.08. The van der Waals surface area contributed by atoms with E-state index in [4.69, 9.17) is 0 Å². The minimum atomic E-state index is 0.769. The lowest BCUT2D eigenvalue weighted by Crippen LogP contribution is -2.07. The van der Waals surface area contributed by atoms with E-state index in [1.54, 1.807) is 6.20 Å². The Morgan fingerprint density at radius 2 is 2.17 bits per heavy atom. The zero-order valence-electron chi connectivity index (χ0n) is 9.67. The Bertz CT molecular complexity index is 629. The van der Waals surface area contributed by atoms with Gasteiger partial charge in [-0.05, 0) is 6.07 Å². The standard InChI is InChI=1S/C12H12N6/c1-2-4-10-9(3-1)11(7-15-17-10)13-6-5-12-14-8-16-18-12/h1-4,7-8H,5-6H2,(H,13,17)(H,14,16,18). The molecule has 0 saturated carbocycles. The lowest BCUT2D eigenvalue weighted by atomic mass is 10.2. The van der Waals surface area contributed by atoms with Gasteiger partial charge in [0.15, 0.2) is 0 Å². The Hall–Kier alpha value is -2.50. The van der Waals surface area contributed by atoms with E-state index in [2.05, 4.69) is 30.7 Å². The maximum Gasteiger partial charge on any atom is 0.137 e. The van der Waals surface area contributed by atoms with Crippen molar-refractivity contribution in [3.05, 3.63) is 42.6 Å². The molecule has 0 spiro atoms. The van der Waals surface area contributed by atoms with Crippen LogP contribution >= 0.6 is 0 Å². The molecule has 0 bridgehead atoms. The van der Waals surface area contributed by atoms with Crippen molar-refractivity contribution >= 4 is 16.6 Å². The van der Waals surface area contributed by atoms with Gasteiger partial charge in [-0.3, -0.25) is 5.10 Å². The zero-order chi connectivity index (χ0) is 12.2. The summed E-state index contributed by atoms with van der Waals surface area (Å²) < 4.78 is 0. The number of nitrogens with one attached hydrogen (secondary N) is 2. The van der Waals surface area contributed by atoms with E-state index in [1.165, 1.54) is 6.33 Å². The van der Waals surface area contributed by atoms with Gasteiger partial charge in [0.2, 0.25) is 0 Å². The number of anilines is 1. The summed E-state index contributed by atoms with van der Waals surface area (Å²) in [5.74, 6) is 0.869. The van der Waals surface area contributed by atoms with Gasteiger partial charge < -0.3 is 5.32 Å². The highest BCUT2D eigenvalue weighted by Crippen LogP contribution is 2.19. The van der Waals surface area contributed by atoms with Crippen molar-refractivity contribution in [3.63, 3.8) is 0 Å². The first-order chi connectivity index (χ1) is 8.93. The number of rotatable bonds is 4. The number of nitrogens with zero attached hydrogens (tertiary/aromatic N) is 4. The normalized spacial score (nSPS) is 10.7. The van der Waals surface area contributed by atoms with Crippen LogP contribution in [0.4, 0.5) is 5.69 Å². The summed E-state index contributed by atoms with van der Waals surface area (Å²) in [4.78, 5) is 4.08. The molecule has 0 aliphatic rings. The summed E-state index contributed by atoms with van der Waals surface area (Å²) in [6.07, 6.45) is 4.04. The summed E-state index contributed by atoms with van der Waals surface area (Å²) in [7, 11) is 0. The van der Waals surface area contributed by atoms with Gasteiger partial charge in [0.25, 0.3) is 0 Å². The summed E-state index contributed by atoms with van der Waals surface area (Å²) in [5, 5.41) is 19.1. The first kappa shape index (κ1) is 10.6. The van der Waals surface area contributed by atoms with Gasteiger partial charge in [-0.25, -0.2) is 4.98 Å². The molecule has 18 heavy (non-hydrogen) atoms. The van der Waals surface area contributed by atoms with Crippen LogP contribution in [-0.2, 0) is 6.42 Å². The van der Waals surface area contributed by atoms with Gasteiger partial charge in [-0.2, -0.15) is 15.3 Å². The van der Waals surface area contributed by atoms with Crippen LogP contribution in [0.1, 0.15) is 5.82 Å². The smallest absolute Gasteiger partial charge is 0.137 e. The minimum Gasteiger partial charge on any atom is -0.383 e. The molecule has 2 heterocycles. The Kier molecular flexibility index (Phi) is 2.83. The van der Waals surface area contributed by atoms with E-state index in [0.717, 1.165) is 35.4 Å². The predicted octanol–water partition coefficient (Wildman–Crippen LogP) is 1.40.